The van der Waals surface area contributed by atoms with Crippen LogP contribution in [0.2, 0.25) is 0 Å². The molecule has 0 aliphatic heterocycles. The summed E-state index contributed by atoms with van der Waals surface area (Å²) in [6.07, 6.45) is 15.0. The largest absolute Gasteiger partial charge is 0.354 e. The van der Waals surface area contributed by atoms with Crippen molar-refractivity contribution in [2.24, 2.45) is 0 Å². The Morgan fingerprint density at radius 1 is 0.653 bits per heavy atom. The van der Waals surface area contributed by atoms with E-state index in [4.69, 9.17) is 0 Å². The van der Waals surface area contributed by atoms with Crippen LogP contribution in [-0.4, -0.2) is 69.2 Å². The molecule has 12 heteroatoms. The van der Waals surface area contributed by atoms with Gasteiger partial charge in [-0.05, 0) is 56.9 Å². The lowest BCUT2D eigenvalue weighted by molar-refractivity contribution is -0.123. The summed E-state index contributed by atoms with van der Waals surface area (Å²) < 4.78 is 0. The molecular weight excluding hydrogens is 620 g/mol. The minimum atomic E-state index is -0.828. The first-order valence-electron chi connectivity index (χ1n) is 16.3. The van der Waals surface area contributed by atoms with Gasteiger partial charge in [-0.2, -0.15) is 0 Å². The predicted molar refractivity (Wildman–Crippen MR) is 189 cm³/mol. The van der Waals surface area contributed by atoms with E-state index >= 15 is 0 Å². The van der Waals surface area contributed by atoms with Gasteiger partial charge in [0.25, 0.3) is 11.8 Å². The van der Waals surface area contributed by atoms with Gasteiger partial charge in [0.15, 0.2) is 0 Å². The maximum Gasteiger partial charge on any atom is 0.253 e. The van der Waals surface area contributed by atoms with Crippen molar-refractivity contribution >= 4 is 23.6 Å². The van der Waals surface area contributed by atoms with Crippen LogP contribution in [0.25, 0.3) is 22.3 Å². The molecule has 1 unspecified atom stereocenters. The number of hydrogen-bond acceptors (Lipinski definition) is 8. The lowest BCUT2D eigenvalue weighted by Gasteiger charge is -2.19. The summed E-state index contributed by atoms with van der Waals surface area (Å²) in [7, 11) is 0. The molecule has 0 aliphatic carbocycles. The molecule has 0 fully saturated rings. The third-order valence-corrected chi connectivity index (χ3v) is 7.14. The summed E-state index contributed by atoms with van der Waals surface area (Å²) in [6, 6.07) is 10.0. The second-order valence-electron chi connectivity index (χ2n) is 10.9. The summed E-state index contributed by atoms with van der Waals surface area (Å²) in [5.74, 6) is -1.28. The first kappa shape index (κ1) is 37.7. The number of nitrogens with zero attached hydrogens (tertiary/aromatic N) is 4. The molecule has 1 atom stereocenters. The van der Waals surface area contributed by atoms with Crippen molar-refractivity contribution < 1.29 is 19.2 Å². The quantitative estimate of drug-likeness (QED) is 0.100. The fourth-order valence-electron chi connectivity index (χ4n) is 4.57. The normalized spacial score (nSPS) is 10.8. The first-order valence-corrected chi connectivity index (χ1v) is 16.3. The number of pyridine rings is 4. The van der Waals surface area contributed by atoms with Crippen molar-refractivity contribution in [2.75, 3.05) is 19.6 Å². The number of carbonyl (C=O) groups excluding carboxylic acids is 4. The van der Waals surface area contributed by atoms with Crippen molar-refractivity contribution in [2.45, 2.75) is 52.5 Å². The van der Waals surface area contributed by atoms with Crippen molar-refractivity contribution in [3.05, 3.63) is 109 Å². The van der Waals surface area contributed by atoms with E-state index in [-0.39, 0.29) is 17.7 Å². The van der Waals surface area contributed by atoms with E-state index in [1.165, 1.54) is 12.4 Å². The second kappa shape index (κ2) is 20.5. The molecule has 4 aromatic heterocycles. The van der Waals surface area contributed by atoms with Gasteiger partial charge >= 0.3 is 0 Å². The Labute approximate surface area is 287 Å². The van der Waals surface area contributed by atoms with E-state index in [0.29, 0.717) is 62.0 Å². The van der Waals surface area contributed by atoms with Crippen molar-refractivity contribution in [3.8, 4) is 22.3 Å². The van der Waals surface area contributed by atoms with Gasteiger partial charge in [0.1, 0.15) is 6.04 Å². The number of nitrogens with one attached hydrogen (secondary N) is 4. The highest BCUT2D eigenvalue weighted by Gasteiger charge is 2.21. The van der Waals surface area contributed by atoms with Crippen LogP contribution in [0.15, 0.2) is 98.1 Å². The zero-order valence-corrected chi connectivity index (χ0v) is 28.2. The maximum absolute atomic E-state index is 13.3. The van der Waals surface area contributed by atoms with Crippen LogP contribution < -0.4 is 21.3 Å². The molecule has 4 amide bonds. The number of unbranched alkanes of at least 4 members (excludes halogenated alkanes) is 1. The lowest BCUT2D eigenvalue weighted by Crippen LogP contribution is -2.47. The molecule has 0 aromatic carbocycles. The highest BCUT2D eigenvalue weighted by atomic mass is 16.2. The van der Waals surface area contributed by atoms with Crippen LogP contribution in [0.3, 0.4) is 0 Å². The smallest absolute Gasteiger partial charge is 0.253 e. The van der Waals surface area contributed by atoms with E-state index in [9.17, 15) is 19.2 Å². The van der Waals surface area contributed by atoms with Crippen molar-refractivity contribution in [3.63, 3.8) is 0 Å². The minimum absolute atomic E-state index is 0.242. The number of aromatic nitrogens is 4. The summed E-state index contributed by atoms with van der Waals surface area (Å²) in [5, 5.41) is 11.3. The zero-order valence-electron chi connectivity index (χ0n) is 28.2. The Bertz CT molecular complexity index is 1680. The molecule has 4 aromatic rings. The van der Waals surface area contributed by atoms with Gasteiger partial charge < -0.3 is 21.3 Å². The van der Waals surface area contributed by atoms with Gasteiger partial charge in [-0.15, -0.1) is 0 Å². The predicted octanol–water partition coefficient (Wildman–Crippen LogP) is 4.52. The molecule has 0 spiro atoms. The van der Waals surface area contributed by atoms with Gasteiger partial charge in [0.05, 0.1) is 11.1 Å². The fraction of sp³-hybridized carbons (Fsp3) is 0.297. The minimum Gasteiger partial charge on any atom is -0.354 e. The molecule has 0 radical (unpaired) electrons. The van der Waals surface area contributed by atoms with E-state index in [0.717, 1.165) is 22.3 Å². The highest BCUT2D eigenvalue weighted by Crippen LogP contribution is 2.19. The van der Waals surface area contributed by atoms with E-state index in [1.54, 1.807) is 62.3 Å². The molecule has 0 saturated carbocycles. The zero-order chi connectivity index (χ0) is 35.4. The van der Waals surface area contributed by atoms with E-state index in [2.05, 4.69) is 47.8 Å². The average molecular weight is 665 g/mol. The summed E-state index contributed by atoms with van der Waals surface area (Å²) in [4.78, 5) is 67.5. The lowest BCUT2D eigenvalue weighted by atomic mass is 10.1. The molecule has 0 saturated heterocycles. The highest BCUT2D eigenvalue weighted by molar-refractivity contribution is 5.98. The molecule has 0 aliphatic rings. The van der Waals surface area contributed by atoms with Crippen LogP contribution in [0, 0.1) is 0 Å². The standard InChI is InChI=1S/C35H38N8O4.C2H6/c1-24(2)32(44)40-14-7-15-42-35(47)31(43-34(46)30-17-28(21-39-23-30)26-9-6-12-37-19-26)10-3-4-13-41-33(45)29-16-27(20-38-22-29)25-8-5-11-36-18-25;1-2/h5-6,8-9,11-12,16-23,31H,1,3-4,7,10,13-15H2,2H3,(H,40,44)(H,41,45)(H,42,47)(H,43,46);1-2H3. The first-order chi connectivity index (χ1) is 23.8. The van der Waals surface area contributed by atoms with Gasteiger partial charge in [-0.25, -0.2) is 0 Å². The van der Waals surface area contributed by atoms with Crippen LogP contribution in [-0.2, 0) is 9.59 Å². The van der Waals surface area contributed by atoms with Crippen LogP contribution in [0.5, 0.6) is 0 Å². The Kier molecular flexibility index (Phi) is 15.7. The third kappa shape index (κ3) is 12.4. The number of amides is 4. The molecule has 256 valence electrons. The van der Waals surface area contributed by atoms with Gasteiger partial charge in [0.2, 0.25) is 11.8 Å². The molecule has 0 bridgehead atoms. The van der Waals surface area contributed by atoms with Gasteiger partial charge in [-0.1, -0.05) is 32.6 Å². The third-order valence-electron chi connectivity index (χ3n) is 7.14. The van der Waals surface area contributed by atoms with E-state index in [1.807, 2.05) is 32.0 Å². The molecule has 4 heterocycles. The molecule has 4 rings (SSSR count). The SMILES string of the molecule is C=C(C)C(=O)NCCCNC(=O)C(CCCCNC(=O)c1cncc(-c2cccnc2)c1)NC(=O)c1cncc(-c2cccnc2)c1.CC. The number of hydrogen-bond donors (Lipinski definition) is 4. The number of carbonyl (C=O) groups is 4. The Balaban J connectivity index is 0.00000319. The Morgan fingerprint density at radius 3 is 1.73 bits per heavy atom. The Hall–Kier alpha value is -5.78. The molecular formula is C37H44N8O4. The summed E-state index contributed by atoms with van der Waals surface area (Å²) in [6.45, 7) is 10.3. The molecule has 4 N–H and O–H groups in total. The fourth-order valence-corrected chi connectivity index (χ4v) is 4.57. The van der Waals surface area contributed by atoms with Gasteiger partial charge in [-0.3, -0.25) is 39.1 Å². The van der Waals surface area contributed by atoms with Crippen LogP contribution in [0.4, 0.5) is 0 Å². The monoisotopic (exact) mass is 664 g/mol. The topological polar surface area (TPSA) is 168 Å². The van der Waals surface area contributed by atoms with Crippen molar-refractivity contribution in [1.29, 1.82) is 0 Å². The second-order valence-corrected chi connectivity index (χ2v) is 10.9. The summed E-state index contributed by atoms with van der Waals surface area (Å²) >= 11 is 0. The average Bonchev–Trinajstić information content (AvgIpc) is 3.15. The summed E-state index contributed by atoms with van der Waals surface area (Å²) in [5.41, 5.74) is 4.32. The van der Waals surface area contributed by atoms with Crippen LogP contribution >= 0.6 is 0 Å². The molecule has 12 nitrogen and oxygen atoms in total. The Morgan fingerprint density at radius 2 is 1.18 bits per heavy atom. The van der Waals surface area contributed by atoms with Crippen LogP contribution in [0.1, 0.15) is 67.2 Å². The maximum atomic E-state index is 13.3. The number of rotatable bonds is 16. The van der Waals surface area contributed by atoms with Crippen molar-refractivity contribution in [1.82, 2.24) is 41.2 Å². The van der Waals surface area contributed by atoms with Gasteiger partial charge in [0, 0.05) is 97.0 Å². The van der Waals surface area contributed by atoms with E-state index < -0.39 is 11.9 Å². The molecule has 49 heavy (non-hydrogen) atoms.